The number of anilines is 3. The van der Waals surface area contributed by atoms with Crippen LogP contribution in [-0.4, -0.2) is 22.8 Å². The number of hydrogen-bond acceptors (Lipinski definition) is 4. The van der Waals surface area contributed by atoms with Crippen LogP contribution in [0.3, 0.4) is 0 Å². The van der Waals surface area contributed by atoms with Gasteiger partial charge in [0.2, 0.25) is 5.91 Å². The molecule has 3 amide bonds. The van der Waals surface area contributed by atoms with E-state index in [9.17, 15) is 14.4 Å². The van der Waals surface area contributed by atoms with Crippen LogP contribution in [0.25, 0.3) is 0 Å². The lowest BCUT2D eigenvalue weighted by Crippen LogP contribution is -2.29. The lowest BCUT2D eigenvalue weighted by atomic mass is 10.2. The van der Waals surface area contributed by atoms with Gasteiger partial charge in [-0.1, -0.05) is 0 Å². The van der Waals surface area contributed by atoms with Crippen LogP contribution in [0.1, 0.15) is 6.92 Å². The highest BCUT2D eigenvalue weighted by atomic mass is 16.3. The molecule has 2 rings (SSSR count). The third kappa shape index (κ3) is 4.85. The average molecular weight is 313 g/mol. The van der Waals surface area contributed by atoms with E-state index in [4.69, 9.17) is 5.11 Å². The quantitative estimate of drug-likeness (QED) is 0.513. The molecule has 7 heteroatoms. The Morgan fingerprint density at radius 1 is 0.696 bits per heavy atom. The van der Waals surface area contributed by atoms with Crippen molar-refractivity contribution < 1.29 is 19.5 Å². The van der Waals surface area contributed by atoms with Crippen molar-refractivity contribution in [1.82, 2.24) is 0 Å². The van der Waals surface area contributed by atoms with Crippen LogP contribution >= 0.6 is 0 Å². The second-order valence-corrected chi connectivity index (χ2v) is 4.71. The summed E-state index contributed by atoms with van der Waals surface area (Å²) in [4.78, 5) is 34.5. The van der Waals surface area contributed by atoms with Crippen molar-refractivity contribution in [1.29, 1.82) is 0 Å². The number of carbonyl (C=O) groups excluding carboxylic acids is 3. The summed E-state index contributed by atoms with van der Waals surface area (Å²) in [6.45, 7) is 1.39. The van der Waals surface area contributed by atoms with Crippen LogP contribution in [0.2, 0.25) is 0 Å². The molecule has 0 fully saturated rings. The van der Waals surface area contributed by atoms with Crippen molar-refractivity contribution in [2.75, 3.05) is 16.0 Å². The SMILES string of the molecule is CC(=O)Nc1ccc(NC(=O)C(=O)Nc2ccc(O)cc2)cc1. The topological polar surface area (TPSA) is 108 Å². The standard InChI is InChI=1S/C16H15N3O4/c1-10(20)17-11-2-4-12(5-3-11)18-15(22)16(23)19-13-6-8-14(21)9-7-13/h2-9,21H,1H3,(H,17,20)(H,18,22)(H,19,23). The van der Waals surface area contributed by atoms with E-state index >= 15 is 0 Å². The average Bonchev–Trinajstić information content (AvgIpc) is 2.51. The maximum Gasteiger partial charge on any atom is 0.314 e. The fraction of sp³-hybridized carbons (Fsp3) is 0.0625. The van der Waals surface area contributed by atoms with Crippen LogP contribution in [0.4, 0.5) is 17.1 Å². The molecule has 0 saturated heterocycles. The van der Waals surface area contributed by atoms with Crippen molar-refractivity contribution in [3.05, 3.63) is 48.5 Å². The number of amides is 3. The minimum atomic E-state index is -0.832. The first kappa shape index (κ1) is 16.0. The monoisotopic (exact) mass is 313 g/mol. The van der Waals surface area contributed by atoms with Crippen molar-refractivity contribution in [2.45, 2.75) is 6.92 Å². The van der Waals surface area contributed by atoms with Gasteiger partial charge >= 0.3 is 11.8 Å². The van der Waals surface area contributed by atoms with Gasteiger partial charge in [-0.05, 0) is 48.5 Å². The first-order valence-electron chi connectivity index (χ1n) is 6.73. The van der Waals surface area contributed by atoms with Crippen molar-refractivity contribution >= 4 is 34.8 Å². The number of carbonyl (C=O) groups is 3. The summed E-state index contributed by atoms with van der Waals surface area (Å²) in [5.41, 5.74) is 1.40. The maximum atomic E-state index is 11.8. The van der Waals surface area contributed by atoms with E-state index in [1.54, 1.807) is 24.3 Å². The summed E-state index contributed by atoms with van der Waals surface area (Å²) in [6, 6.07) is 12.1. The van der Waals surface area contributed by atoms with Gasteiger partial charge in [0.05, 0.1) is 0 Å². The number of rotatable bonds is 3. The summed E-state index contributed by atoms with van der Waals surface area (Å²) in [6.07, 6.45) is 0. The molecule has 118 valence electrons. The Balaban J connectivity index is 1.94. The van der Waals surface area contributed by atoms with Gasteiger partial charge in [-0.2, -0.15) is 0 Å². The van der Waals surface area contributed by atoms with Crippen molar-refractivity contribution in [3.63, 3.8) is 0 Å². The maximum absolute atomic E-state index is 11.8. The number of aromatic hydroxyl groups is 1. The van der Waals surface area contributed by atoms with Crippen LogP contribution in [-0.2, 0) is 14.4 Å². The molecule has 0 saturated carbocycles. The third-order valence-electron chi connectivity index (χ3n) is 2.79. The molecule has 0 aromatic heterocycles. The third-order valence-corrected chi connectivity index (χ3v) is 2.79. The zero-order chi connectivity index (χ0) is 16.8. The van der Waals surface area contributed by atoms with Gasteiger partial charge < -0.3 is 21.1 Å². The lowest BCUT2D eigenvalue weighted by Gasteiger charge is -2.08. The molecule has 2 aromatic carbocycles. The van der Waals surface area contributed by atoms with Gasteiger partial charge in [-0.15, -0.1) is 0 Å². The first-order valence-corrected chi connectivity index (χ1v) is 6.73. The van der Waals surface area contributed by atoms with Crippen LogP contribution in [0, 0.1) is 0 Å². The first-order chi connectivity index (χ1) is 10.9. The second-order valence-electron chi connectivity index (χ2n) is 4.71. The molecule has 0 spiro atoms. The molecule has 0 heterocycles. The Bertz CT molecular complexity index is 724. The number of nitrogens with one attached hydrogen (secondary N) is 3. The molecule has 0 aliphatic carbocycles. The number of phenolic OH excluding ortho intramolecular Hbond substituents is 1. The highest BCUT2D eigenvalue weighted by Crippen LogP contribution is 2.15. The highest BCUT2D eigenvalue weighted by Gasteiger charge is 2.14. The predicted octanol–water partition coefficient (Wildman–Crippen LogP) is 1.93. The molecule has 2 aromatic rings. The normalized spacial score (nSPS) is 9.78. The van der Waals surface area contributed by atoms with Crippen molar-refractivity contribution in [2.24, 2.45) is 0 Å². The van der Waals surface area contributed by atoms with Gasteiger partial charge in [0.25, 0.3) is 0 Å². The van der Waals surface area contributed by atoms with Crippen LogP contribution < -0.4 is 16.0 Å². The predicted molar refractivity (Wildman–Crippen MR) is 86.1 cm³/mol. The molecule has 23 heavy (non-hydrogen) atoms. The summed E-state index contributed by atoms with van der Waals surface area (Å²) >= 11 is 0. The molecule has 4 N–H and O–H groups in total. The Morgan fingerprint density at radius 3 is 1.43 bits per heavy atom. The molecule has 0 atom stereocenters. The molecular weight excluding hydrogens is 298 g/mol. The highest BCUT2D eigenvalue weighted by molar-refractivity contribution is 6.43. The summed E-state index contributed by atoms with van der Waals surface area (Å²) in [7, 11) is 0. The van der Waals surface area contributed by atoms with Crippen LogP contribution in [0.5, 0.6) is 5.75 Å². The van der Waals surface area contributed by atoms with E-state index < -0.39 is 11.8 Å². The molecule has 0 unspecified atom stereocenters. The molecule has 0 aliphatic heterocycles. The fourth-order valence-electron chi connectivity index (χ4n) is 1.76. The largest absolute Gasteiger partial charge is 0.508 e. The molecule has 0 aliphatic rings. The second kappa shape index (κ2) is 7.08. The molecule has 0 bridgehead atoms. The molecule has 7 nitrogen and oxygen atoms in total. The van der Waals surface area contributed by atoms with Gasteiger partial charge in [-0.25, -0.2) is 0 Å². The number of phenols is 1. The zero-order valence-corrected chi connectivity index (χ0v) is 12.3. The number of hydrogen-bond donors (Lipinski definition) is 4. The Labute approximate surface area is 132 Å². The molecule has 0 radical (unpaired) electrons. The van der Waals surface area contributed by atoms with Gasteiger partial charge in [0.15, 0.2) is 0 Å². The Hall–Kier alpha value is -3.35. The van der Waals surface area contributed by atoms with E-state index in [0.29, 0.717) is 17.1 Å². The summed E-state index contributed by atoms with van der Waals surface area (Å²) in [5, 5.41) is 16.6. The lowest BCUT2D eigenvalue weighted by molar-refractivity contribution is -0.132. The summed E-state index contributed by atoms with van der Waals surface area (Å²) in [5.74, 6) is -1.80. The van der Waals surface area contributed by atoms with Gasteiger partial charge in [0, 0.05) is 24.0 Å². The zero-order valence-electron chi connectivity index (χ0n) is 12.3. The van der Waals surface area contributed by atoms with Crippen molar-refractivity contribution in [3.8, 4) is 5.75 Å². The minimum absolute atomic E-state index is 0.0618. The minimum Gasteiger partial charge on any atom is -0.508 e. The van der Waals surface area contributed by atoms with E-state index in [0.717, 1.165) is 0 Å². The van der Waals surface area contributed by atoms with Crippen LogP contribution in [0.15, 0.2) is 48.5 Å². The fourth-order valence-corrected chi connectivity index (χ4v) is 1.76. The smallest absolute Gasteiger partial charge is 0.314 e. The Morgan fingerprint density at radius 2 is 1.04 bits per heavy atom. The Kier molecular flexibility index (Phi) is 4.93. The molecular formula is C16H15N3O4. The van der Waals surface area contributed by atoms with Gasteiger partial charge in [0.1, 0.15) is 5.75 Å². The number of benzene rings is 2. The van der Waals surface area contributed by atoms with E-state index in [1.807, 2.05) is 0 Å². The van der Waals surface area contributed by atoms with E-state index in [2.05, 4.69) is 16.0 Å². The van der Waals surface area contributed by atoms with E-state index in [1.165, 1.54) is 31.2 Å². The van der Waals surface area contributed by atoms with Gasteiger partial charge in [-0.3, -0.25) is 14.4 Å². The van der Waals surface area contributed by atoms with E-state index in [-0.39, 0.29) is 11.7 Å². The summed E-state index contributed by atoms with van der Waals surface area (Å²) < 4.78 is 0.